The first-order valence-electron chi connectivity index (χ1n) is 8.43. The van der Waals surface area contributed by atoms with Crippen LogP contribution < -0.4 is 29.7 Å². The third-order valence-corrected chi connectivity index (χ3v) is 4.63. The quantitative estimate of drug-likeness (QED) is 0.480. The van der Waals surface area contributed by atoms with Crippen LogP contribution in [0.15, 0.2) is 39.9 Å². The summed E-state index contributed by atoms with van der Waals surface area (Å²) in [6.07, 6.45) is 1.45. The van der Waals surface area contributed by atoms with Crippen molar-refractivity contribution in [3.8, 4) is 23.0 Å². The Labute approximate surface area is 175 Å². The molecule has 0 saturated carbocycles. The van der Waals surface area contributed by atoms with Gasteiger partial charge in [0.25, 0.3) is 11.8 Å². The van der Waals surface area contributed by atoms with Gasteiger partial charge in [-0.15, -0.1) is 0 Å². The molecule has 0 radical (unpaired) electrons. The van der Waals surface area contributed by atoms with Crippen LogP contribution in [0.3, 0.4) is 0 Å². The van der Waals surface area contributed by atoms with Crippen molar-refractivity contribution in [1.82, 2.24) is 10.7 Å². The number of nitrogens with one attached hydrogen (secondary N) is 2. The topological polar surface area (TPSA) is 107 Å². The minimum atomic E-state index is -0.480. The number of amides is 2. The molecule has 9 nitrogen and oxygen atoms in total. The SMILES string of the molecule is COc1cc(Br)c(/C=N/NC(=O)CNC(=O)c2ccc3c(c2)OCO3)cc1OC. The summed E-state index contributed by atoms with van der Waals surface area (Å²) in [4.78, 5) is 24.1. The van der Waals surface area contributed by atoms with E-state index < -0.39 is 11.8 Å². The van der Waals surface area contributed by atoms with E-state index in [1.807, 2.05) is 0 Å². The predicted molar refractivity (Wildman–Crippen MR) is 108 cm³/mol. The Morgan fingerprint density at radius 2 is 1.86 bits per heavy atom. The molecule has 29 heavy (non-hydrogen) atoms. The van der Waals surface area contributed by atoms with Gasteiger partial charge in [-0.1, -0.05) is 0 Å². The number of hydrogen-bond donors (Lipinski definition) is 2. The van der Waals surface area contributed by atoms with Gasteiger partial charge in [0.15, 0.2) is 23.0 Å². The maximum atomic E-state index is 12.2. The molecule has 0 fully saturated rings. The molecule has 0 unspecified atom stereocenters. The summed E-state index contributed by atoms with van der Waals surface area (Å²) < 4.78 is 21.6. The molecule has 1 heterocycles. The Morgan fingerprint density at radius 3 is 2.62 bits per heavy atom. The highest BCUT2D eigenvalue weighted by Crippen LogP contribution is 2.33. The molecule has 0 aliphatic carbocycles. The summed E-state index contributed by atoms with van der Waals surface area (Å²) in [5, 5.41) is 6.41. The van der Waals surface area contributed by atoms with E-state index in [2.05, 4.69) is 31.8 Å². The zero-order valence-electron chi connectivity index (χ0n) is 15.7. The molecule has 0 aromatic heterocycles. The van der Waals surface area contributed by atoms with Gasteiger partial charge in [-0.3, -0.25) is 9.59 Å². The molecule has 2 amide bonds. The smallest absolute Gasteiger partial charge is 0.259 e. The fourth-order valence-electron chi connectivity index (χ4n) is 2.48. The summed E-state index contributed by atoms with van der Waals surface area (Å²) in [5.74, 6) is 1.27. The zero-order chi connectivity index (χ0) is 20.8. The molecular weight excluding hydrogens is 446 g/mol. The predicted octanol–water partition coefficient (Wildman–Crippen LogP) is 2.08. The van der Waals surface area contributed by atoms with Gasteiger partial charge in [0, 0.05) is 15.6 Å². The van der Waals surface area contributed by atoms with E-state index in [0.29, 0.717) is 38.6 Å². The number of nitrogens with zero attached hydrogens (tertiary/aromatic N) is 1. The number of carbonyl (C=O) groups is 2. The van der Waals surface area contributed by atoms with Gasteiger partial charge in [0.05, 0.1) is 27.0 Å². The largest absolute Gasteiger partial charge is 0.493 e. The minimum absolute atomic E-state index is 0.122. The number of fused-ring (bicyclic) bond motifs is 1. The first-order valence-corrected chi connectivity index (χ1v) is 9.22. The van der Waals surface area contributed by atoms with Crippen molar-refractivity contribution in [3.05, 3.63) is 45.9 Å². The van der Waals surface area contributed by atoms with Crippen LogP contribution in [0.2, 0.25) is 0 Å². The van der Waals surface area contributed by atoms with Crippen LogP contribution in [0, 0.1) is 0 Å². The second-order valence-corrected chi connectivity index (χ2v) is 6.63. The van der Waals surface area contributed by atoms with E-state index in [9.17, 15) is 9.59 Å². The zero-order valence-corrected chi connectivity index (χ0v) is 17.2. The van der Waals surface area contributed by atoms with Crippen LogP contribution in [-0.2, 0) is 4.79 Å². The average Bonchev–Trinajstić information content (AvgIpc) is 3.20. The maximum Gasteiger partial charge on any atom is 0.259 e. The summed E-state index contributed by atoms with van der Waals surface area (Å²) in [5.41, 5.74) is 3.39. The van der Waals surface area contributed by atoms with Crippen LogP contribution in [0.4, 0.5) is 0 Å². The maximum absolute atomic E-state index is 12.2. The van der Waals surface area contributed by atoms with Crippen molar-refractivity contribution < 1.29 is 28.5 Å². The molecule has 2 N–H and O–H groups in total. The number of ether oxygens (including phenoxy) is 4. The molecule has 152 valence electrons. The monoisotopic (exact) mass is 463 g/mol. The van der Waals surface area contributed by atoms with E-state index in [1.165, 1.54) is 20.4 Å². The lowest BCUT2D eigenvalue weighted by Gasteiger charge is -2.09. The van der Waals surface area contributed by atoms with Crippen LogP contribution in [0.1, 0.15) is 15.9 Å². The summed E-state index contributed by atoms with van der Waals surface area (Å²) in [7, 11) is 3.06. The Hall–Kier alpha value is -3.27. The van der Waals surface area contributed by atoms with Gasteiger partial charge >= 0.3 is 0 Å². The summed E-state index contributed by atoms with van der Waals surface area (Å²) in [6, 6.07) is 8.23. The standard InChI is InChI=1S/C19H18BrN3O6/c1-26-15-6-12(13(20)7-16(15)27-2)8-22-23-18(24)9-21-19(25)11-3-4-14-17(5-11)29-10-28-14/h3-8H,9-10H2,1-2H3,(H,21,25)(H,23,24)/b22-8+. The van der Waals surface area contributed by atoms with Gasteiger partial charge in [0.2, 0.25) is 6.79 Å². The first-order chi connectivity index (χ1) is 14.0. The lowest BCUT2D eigenvalue weighted by atomic mass is 10.2. The Kier molecular flexibility index (Phi) is 6.55. The fourth-order valence-corrected chi connectivity index (χ4v) is 2.91. The van der Waals surface area contributed by atoms with Gasteiger partial charge in [-0.2, -0.15) is 5.10 Å². The molecule has 0 spiro atoms. The number of benzene rings is 2. The fraction of sp³-hybridized carbons (Fsp3) is 0.211. The molecule has 10 heteroatoms. The molecule has 1 aliphatic heterocycles. The molecular formula is C19H18BrN3O6. The Balaban J connectivity index is 1.53. The van der Waals surface area contributed by atoms with E-state index in [1.54, 1.807) is 30.3 Å². The van der Waals surface area contributed by atoms with Crippen LogP contribution >= 0.6 is 15.9 Å². The number of methoxy groups -OCH3 is 2. The molecule has 2 aromatic rings. The Morgan fingerprint density at radius 1 is 1.14 bits per heavy atom. The van der Waals surface area contributed by atoms with Crippen LogP contribution in [0.5, 0.6) is 23.0 Å². The molecule has 0 bridgehead atoms. The second-order valence-electron chi connectivity index (χ2n) is 5.77. The Bertz CT molecular complexity index is 963. The van der Waals surface area contributed by atoms with Gasteiger partial charge in [-0.25, -0.2) is 5.43 Å². The summed E-state index contributed by atoms with van der Waals surface area (Å²) >= 11 is 3.40. The second kappa shape index (κ2) is 9.28. The highest BCUT2D eigenvalue weighted by molar-refractivity contribution is 9.10. The summed E-state index contributed by atoms with van der Waals surface area (Å²) in [6.45, 7) is -0.116. The molecule has 3 rings (SSSR count). The third kappa shape index (κ3) is 4.96. The third-order valence-electron chi connectivity index (χ3n) is 3.94. The van der Waals surface area contributed by atoms with Gasteiger partial charge in [0.1, 0.15) is 0 Å². The molecule has 2 aromatic carbocycles. The number of hydrazone groups is 1. The van der Waals surface area contributed by atoms with Crippen LogP contribution in [0.25, 0.3) is 0 Å². The van der Waals surface area contributed by atoms with E-state index >= 15 is 0 Å². The van der Waals surface area contributed by atoms with E-state index in [4.69, 9.17) is 18.9 Å². The molecule has 1 aliphatic rings. The van der Waals surface area contributed by atoms with E-state index in [0.717, 1.165) is 0 Å². The van der Waals surface area contributed by atoms with Crippen molar-refractivity contribution in [2.75, 3.05) is 27.6 Å². The van der Waals surface area contributed by atoms with E-state index in [-0.39, 0.29) is 13.3 Å². The normalized spacial score (nSPS) is 12.0. The number of rotatable bonds is 7. The highest BCUT2D eigenvalue weighted by atomic mass is 79.9. The minimum Gasteiger partial charge on any atom is -0.493 e. The van der Waals surface area contributed by atoms with Gasteiger partial charge < -0.3 is 24.3 Å². The van der Waals surface area contributed by atoms with Gasteiger partial charge in [-0.05, 0) is 46.3 Å². The first kappa shape index (κ1) is 20.5. The van der Waals surface area contributed by atoms with Crippen molar-refractivity contribution in [2.24, 2.45) is 5.10 Å². The lowest BCUT2D eigenvalue weighted by molar-refractivity contribution is -0.120. The lowest BCUT2D eigenvalue weighted by Crippen LogP contribution is -2.34. The number of hydrogen-bond acceptors (Lipinski definition) is 7. The molecule has 0 saturated heterocycles. The van der Waals surface area contributed by atoms with Crippen molar-refractivity contribution in [3.63, 3.8) is 0 Å². The van der Waals surface area contributed by atoms with Crippen molar-refractivity contribution in [2.45, 2.75) is 0 Å². The number of halogens is 1. The van der Waals surface area contributed by atoms with Crippen LogP contribution in [-0.4, -0.2) is 45.6 Å². The molecule has 0 atom stereocenters. The number of carbonyl (C=O) groups excluding carboxylic acids is 2. The van der Waals surface area contributed by atoms with Crippen molar-refractivity contribution >= 4 is 34.0 Å². The highest BCUT2D eigenvalue weighted by Gasteiger charge is 2.16. The average molecular weight is 464 g/mol. The van der Waals surface area contributed by atoms with Crippen molar-refractivity contribution in [1.29, 1.82) is 0 Å².